The average molecular weight is 576 g/mol. The predicted octanol–water partition coefficient (Wildman–Crippen LogP) is 3.78. The molecule has 1 saturated heterocycles. The third-order valence-corrected chi connectivity index (χ3v) is 8.02. The van der Waals surface area contributed by atoms with Gasteiger partial charge >= 0.3 is 6.03 Å². The van der Waals surface area contributed by atoms with Crippen molar-refractivity contribution >= 4 is 47.1 Å². The van der Waals surface area contributed by atoms with E-state index in [0.29, 0.717) is 50.3 Å². The third-order valence-electron chi connectivity index (χ3n) is 8.02. The van der Waals surface area contributed by atoms with Gasteiger partial charge in [-0.3, -0.25) is 24.1 Å². The lowest BCUT2D eigenvalue weighted by atomic mass is 9.85. The summed E-state index contributed by atoms with van der Waals surface area (Å²) in [4.78, 5) is 67.0. The average Bonchev–Trinajstić information content (AvgIpc) is 3.50. The molecule has 1 aliphatic heterocycles. The molecule has 0 unspecified atom stereocenters. The van der Waals surface area contributed by atoms with Gasteiger partial charge in [0.1, 0.15) is 6.04 Å². The first-order valence-corrected chi connectivity index (χ1v) is 14.6. The molecule has 10 heteroatoms. The van der Waals surface area contributed by atoms with E-state index >= 15 is 0 Å². The summed E-state index contributed by atoms with van der Waals surface area (Å²) in [5, 5.41) is 7.99. The second-order valence-corrected chi connectivity index (χ2v) is 12.2. The van der Waals surface area contributed by atoms with Gasteiger partial charge in [0.25, 0.3) is 0 Å². The van der Waals surface area contributed by atoms with Crippen LogP contribution in [0.15, 0.2) is 54.1 Å². The van der Waals surface area contributed by atoms with E-state index in [1.54, 1.807) is 9.80 Å². The number of benzene rings is 2. The quantitative estimate of drug-likeness (QED) is 0.349. The van der Waals surface area contributed by atoms with Crippen LogP contribution >= 0.6 is 0 Å². The number of fused-ring (bicyclic) bond motifs is 1. The van der Waals surface area contributed by atoms with Crippen molar-refractivity contribution in [2.24, 2.45) is 11.3 Å². The van der Waals surface area contributed by atoms with Crippen LogP contribution < -0.4 is 10.6 Å². The van der Waals surface area contributed by atoms with Crippen molar-refractivity contribution in [3.05, 3.63) is 54.1 Å². The Hall–Kier alpha value is -4.21. The van der Waals surface area contributed by atoms with E-state index in [1.807, 2.05) is 69.3 Å². The van der Waals surface area contributed by atoms with Crippen LogP contribution in [0.5, 0.6) is 0 Å². The second-order valence-electron chi connectivity index (χ2n) is 12.2. The van der Waals surface area contributed by atoms with Crippen molar-refractivity contribution in [3.63, 3.8) is 0 Å². The van der Waals surface area contributed by atoms with E-state index in [4.69, 9.17) is 0 Å². The van der Waals surface area contributed by atoms with Crippen LogP contribution in [-0.2, 0) is 19.2 Å². The lowest BCUT2D eigenvalue weighted by molar-refractivity contribution is -0.140. The van der Waals surface area contributed by atoms with Crippen LogP contribution in [0.1, 0.15) is 46.5 Å². The molecule has 4 rings (SSSR count). The number of amides is 6. The van der Waals surface area contributed by atoms with E-state index < -0.39 is 17.4 Å². The molecule has 2 aromatic rings. The largest absolute Gasteiger partial charge is 0.340 e. The minimum absolute atomic E-state index is 0.147. The van der Waals surface area contributed by atoms with Gasteiger partial charge in [-0.05, 0) is 47.1 Å². The van der Waals surface area contributed by atoms with Gasteiger partial charge < -0.3 is 20.4 Å². The summed E-state index contributed by atoms with van der Waals surface area (Å²) in [6.07, 6.45) is 6.65. The van der Waals surface area contributed by atoms with Crippen molar-refractivity contribution in [1.29, 1.82) is 0 Å². The summed E-state index contributed by atoms with van der Waals surface area (Å²) < 4.78 is 0. The van der Waals surface area contributed by atoms with Gasteiger partial charge in [0.05, 0.1) is 6.54 Å². The smallest absolute Gasteiger partial charge is 0.321 e. The van der Waals surface area contributed by atoms with Crippen molar-refractivity contribution in [3.8, 4) is 0 Å². The summed E-state index contributed by atoms with van der Waals surface area (Å²) in [5.74, 6) is -0.492. The maximum absolute atomic E-state index is 13.7. The van der Waals surface area contributed by atoms with Crippen LogP contribution in [0.2, 0.25) is 0 Å². The Morgan fingerprint density at radius 2 is 1.55 bits per heavy atom. The molecule has 1 atom stereocenters. The third kappa shape index (κ3) is 7.74. The summed E-state index contributed by atoms with van der Waals surface area (Å²) in [7, 11) is 0. The van der Waals surface area contributed by atoms with Crippen LogP contribution in [0.4, 0.5) is 10.5 Å². The standard InChI is InChI=1S/C32H41N5O5/c1-32(2,3)28(34-29(40)26(20-35(21-38)22-39)18-23-8-4-5-9-23)30(41)36-14-16-37(17-15-36)31(42)33-27-13-12-24-10-6-7-11-25(24)19-27/h6-7,10-13,18-19,21-23,28H,4-5,8-9,14-17,20H2,1-3H3,(H,33,42)(H,34,40)/b26-18-/t28-/m1/s1. The van der Waals surface area contributed by atoms with Crippen LogP contribution in [-0.4, -0.2) is 84.1 Å². The van der Waals surface area contributed by atoms with Gasteiger partial charge in [-0.2, -0.15) is 0 Å². The number of imide groups is 1. The number of allylic oxidation sites excluding steroid dienone is 1. The molecule has 2 aliphatic rings. The minimum Gasteiger partial charge on any atom is -0.340 e. The number of nitrogens with zero attached hydrogens (tertiary/aromatic N) is 3. The number of anilines is 1. The number of nitrogens with one attached hydrogen (secondary N) is 2. The molecule has 224 valence electrons. The normalized spacial score (nSPS) is 17.1. The molecule has 0 bridgehead atoms. The van der Waals surface area contributed by atoms with Gasteiger partial charge in [-0.25, -0.2) is 4.79 Å². The Morgan fingerprint density at radius 1 is 0.929 bits per heavy atom. The maximum Gasteiger partial charge on any atom is 0.321 e. The molecule has 0 spiro atoms. The summed E-state index contributed by atoms with van der Waals surface area (Å²) in [5.41, 5.74) is 0.403. The molecule has 0 radical (unpaired) electrons. The molecule has 1 saturated carbocycles. The molecule has 1 aliphatic carbocycles. The van der Waals surface area contributed by atoms with Gasteiger partial charge in [0.2, 0.25) is 24.6 Å². The van der Waals surface area contributed by atoms with Gasteiger partial charge in [0.15, 0.2) is 0 Å². The zero-order valence-electron chi connectivity index (χ0n) is 24.7. The summed E-state index contributed by atoms with van der Waals surface area (Å²) in [6.45, 7) is 6.88. The molecule has 6 amide bonds. The Morgan fingerprint density at radius 3 is 2.17 bits per heavy atom. The zero-order chi connectivity index (χ0) is 30.3. The van der Waals surface area contributed by atoms with Crippen LogP contribution in [0.25, 0.3) is 10.8 Å². The van der Waals surface area contributed by atoms with Crippen LogP contribution in [0, 0.1) is 11.3 Å². The van der Waals surface area contributed by atoms with E-state index in [1.165, 1.54) is 0 Å². The SMILES string of the molecule is CC(C)(C)[C@H](NC(=O)/C(=C\C1CCCC1)CN(C=O)C=O)C(=O)N1CCN(C(=O)Nc2ccc3ccccc3c2)CC1. The molecule has 10 nitrogen and oxygen atoms in total. The highest BCUT2D eigenvalue weighted by Gasteiger charge is 2.38. The molecule has 2 aromatic carbocycles. The molecular formula is C32H41N5O5. The molecule has 42 heavy (non-hydrogen) atoms. The first-order chi connectivity index (χ1) is 20.1. The highest BCUT2D eigenvalue weighted by molar-refractivity contribution is 5.98. The fraction of sp³-hybridized carbons (Fsp3) is 0.469. The minimum atomic E-state index is -0.837. The highest BCUT2D eigenvalue weighted by Crippen LogP contribution is 2.28. The van der Waals surface area contributed by atoms with Gasteiger partial charge in [-0.15, -0.1) is 0 Å². The first-order valence-electron chi connectivity index (χ1n) is 14.6. The van der Waals surface area contributed by atoms with E-state index in [-0.39, 0.29) is 24.4 Å². The van der Waals surface area contributed by atoms with Crippen molar-refractivity contribution in [1.82, 2.24) is 20.0 Å². The number of hydrogen-bond acceptors (Lipinski definition) is 5. The highest BCUT2D eigenvalue weighted by atomic mass is 16.2. The second kappa shape index (κ2) is 13.6. The Bertz CT molecular complexity index is 1330. The Labute approximate surface area is 247 Å². The Kier molecular flexibility index (Phi) is 9.98. The number of rotatable bonds is 9. The number of carbonyl (C=O) groups is 5. The number of hydrogen-bond donors (Lipinski definition) is 2. The summed E-state index contributed by atoms with van der Waals surface area (Å²) in [6, 6.07) is 12.6. The number of piperazine rings is 1. The van der Waals surface area contributed by atoms with Crippen LogP contribution in [0.3, 0.4) is 0 Å². The molecule has 0 aromatic heterocycles. The Balaban J connectivity index is 1.39. The zero-order valence-corrected chi connectivity index (χ0v) is 24.7. The van der Waals surface area contributed by atoms with E-state index in [0.717, 1.165) is 41.4 Å². The van der Waals surface area contributed by atoms with Crippen molar-refractivity contribution in [2.45, 2.75) is 52.5 Å². The fourth-order valence-corrected chi connectivity index (χ4v) is 5.56. The van der Waals surface area contributed by atoms with Crippen molar-refractivity contribution < 1.29 is 24.0 Å². The molecule has 2 fully saturated rings. The van der Waals surface area contributed by atoms with E-state index in [2.05, 4.69) is 10.6 Å². The maximum atomic E-state index is 13.7. The first kappa shape index (κ1) is 30.7. The van der Waals surface area contributed by atoms with Crippen molar-refractivity contribution in [2.75, 3.05) is 38.0 Å². The van der Waals surface area contributed by atoms with Gasteiger partial charge in [-0.1, -0.05) is 70.0 Å². The predicted molar refractivity (Wildman–Crippen MR) is 161 cm³/mol. The lowest BCUT2D eigenvalue weighted by Gasteiger charge is -2.39. The lowest BCUT2D eigenvalue weighted by Crippen LogP contribution is -2.59. The number of carbonyl (C=O) groups excluding carboxylic acids is 5. The monoisotopic (exact) mass is 575 g/mol. The fourth-order valence-electron chi connectivity index (χ4n) is 5.56. The van der Waals surface area contributed by atoms with E-state index in [9.17, 15) is 24.0 Å². The molecular weight excluding hydrogens is 534 g/mol. The number of urea groups is 1. The van der Waals surface area contributed by atoms with Gasteiger partial charge in [0, 0.05) is 37.4 Å². The molecule has 1 heterocycles. The molecule has 2 N–H and O–H groups in total. The summed E-state index contributed by atoms with van der Waals surface area (Å²) >= 11 is 0. The topological polar surface area (TPSA) is 119 Å².